The molecule has 1 saturated heterocycles. The van der Waals surface area contributed by atoms with Crippen LogP contribution in [0.1, 0.15) is 0 Å². The zero-order valence-electron chi connectivity index (χ0n) is 6.17. The van der Waals surface area contributed by atoms with Crippen molar-refractivity contribution in [2.75, 3.05) is 6.67 Å². The minimum absolute atomic E-state index is 1.03. The van der Waals surface area contributed by atoms with E-state index in [1.165, 1.54) is 0 Å². The van der Waals surface area contributed by atoms with Crippen molar-refractivity contribution in [2.45, 2.75) is 30.7 Å². The number of aliphatic hydroxyl groups is 4. The quantitative estimate of drug-likeness (QED) is 0.368. The maximum Gasteiger partial charge on any atom is 0.184 e. The Morgan fingerprint density at radius 2 is 1.58 bits per heavy atom. The van der Waals surface area contributed by atoms with Gasteiger partial charge in [-0.2, -0.15) is 0 Å². The van der Waals surface area contributed by atoms with Gasteiger partial charge in [-0.15, -0.1) is 0 Å². The molecule has 1 heterocycles. The molecule has 12 heavy (non-hydrogen) atoms. The van der Waals surface area contributed by atoms with Crippen LogP contribution in [0.4, 0.5) is 4.39 Å². The largest absolute Gasteiger partial charge is 0.387 e. The van der Waals surface area contributed by atoms with Crippen molar-refractivity contribution in [1.29, 1.82) is 0 Å². The molecule has 5 nitrogen and oxygen atoms in total. The summed E-state index contributed by atoms with van der Waals surface area (Å²) in [6.45, 7) is -1.03. The molecule has 0 amide bonds. The number of halogens is 1. The van der Waals surface area contributed by atoms with Crippen LogP contribution >= 0.6 is 0 Å². The van der Waals surface area contributed by atoms with E-state index in [1.54, 1.807) is 0 Å². The average Bonchev–Trinajstić information content (AvgIpc) is 2.08. The van der Waals surface area contributed by atoms with Gasteiger partial charge in [0.25, 0.3) is 0 Å². The van der Waals surface area contributed by atoms with E-state index >= 15 is 0 Å². The van der Waals surface area contributed by atoms with Crippen LogP contribution in [-0.2, 0) is 4.74 Å². The average molecular weight is 182 g/mol. The molecule has 0 aliphatic carbocycles. The van der Waals surface area contributed by atoms with Crippen LogP contribution in [0.25, 0.3) is 0 Å². The fraction of sp³-hybridized carbons (Fsp3) is 1.00. The molecule has 72 valence electrons. The third-order valence-corrected chi connectivity index (χ3v) is 1.84. The van der Waals surface area contributed by atoms with Gasteiger partial charge >= 0.3 is 0 Å². The third-order valence-electron chi connectivity index (χ3n) is 1.84. The van der Waals surface area contributed by atoms with E-state index in [1.807, 2.05) is 0 Å². The summed E-state index contributed by atoms with van der Waals surface area (Å²) in [5.41, 5.74) is 0. The number of hydrogen-bond donors (Lipinski definition) is 4. The SMILES string of the molecule is OC1OC(CF)[C@H](O)[C@H](O)C1O. The Labute approximate surface area is 68.0 Å². The second kappa shape index (κ2) is 3.63. The molecule has 4 N–H and O–H groups in total. The number of aliphatic hydroxyl groups excluding tert-OH is 4. The molecule has 0 aromatic carbocycles. The van der Waals surface area contributed by atoms with Crippen LogP contribution in [0, 0.1) is 0 Å². The molecule has 0 spiro atoms. The molecule has 0 saturated carbocycles. The first-order chi connectivity index (χ1) is 5.57. The molecular weight excluding hydrogens is 171 g/mol. The minimum atomic E-state index is -1.65. The van der Waals surface area contributed by atoms with Crippen molar-refractivity contribution in [1.82, 2.24) is 0 Å². The smallest absolute Gasteiger partial charge is 0.184 e. The highest BCUT2D eigenvalue weighted by Gasteiger charge is 2.42. The summed E-state index contributed by atoms with van der Waals surface area (Å²) >= 11 is 0. The Bertz CT molecular complexity index is 150. The summed E-state index contributed by atoms with van der Waals surface area (Å²) in [7, 11) is 0. The molecule has 0 bridgehead atoms. The molecule has 1 aliphatic heterocycles. The van der Waals surface area contributed by atoms with Crippen molar-refractivity contribution < 1.29 is 29.6 Å². The number of rotatable bonds is 1. The molecule has 3 unspecified atom stereocenters. The van der Waals surface area contributed by atoms with Gasteiger partial charge in [-0.05, 0) is 0 Å². The number of alkyl halides is 1. The predicted octanol–water partition coefficient (Wildman–Crippen LogP) is -2.24. The van der Waals surface area contributed by atoms with E-state index in [9.17, 15) is 4.39 Å². The predicted molar refractivity (Wildman–Crippen MR) is 34.9 cm³/mol. The van der Waals surface area contributed by atoms with Crippen LogP contribution in [0.2, 0.25) is 0 Å². The van der Waals surface area contributed by atoms with Gasteiger partial charge in [0.05, 0.1) is 0 Å². The summed E-state index contributed by atoms with van der Waals surface area (Å²) in [5.74, 6) is 0. The van der Waals surface area contributed by atoms with Gasteiger partial charge in [-0.3, -0.25) is 0 Å². The van der Waals surface area contributed by atoms with Gasteiger partial charge < -0.3 is 25.2 Å². The highest BCUT2D eigenvalue weighted by Crippen LogP contribution is 2.19. The monoisotopic (exact) mass is 182 g/mol. The van der Waals surface area contributed by atoms with Gasteiger partial charge in [0.15, 0.2) is 6.29 Å². The van der Waals surface area contributed by atoms with E-state index in [2.05, 4.69) is 4.74 Å². The lowest BCUT2D eigenvalue weighted by Gasteiger charge is -2.37. The zero-order chi connectivity index (χ0) is 9.30. The first kappa shape index (κ1) is 9.82. The first-order valence-electron chi connectivity index (χ1n) is 3.51. The van der Waals surface area contributed by atoms with E-state index in [0.29, 0.717) is 0 Å². The van der Waals surface area contributed by atoms with Gasteiger partial charge in [0, 0.05) is 0 Å². The normalized spacial score (nSPS) is 49.2. The standard InChI is InChI=1S/C6H11FO5/c7-1-2-3(8)4(9)5(10)6(11)12-2/h2-6,8-11H,1H2/t2?,3-,4-,5?,6?/m0/s1. The van der Waals surface area contributed by atoms with Gasteiger partial charge in [-0.1, -0.05) is 0 Å². The Balaban J connectivity index is 2.63. The van der Waals surface area contributed by atoms with Crippen molar-refractivity contribution >= 4 is 0 Å². The fourth-order valence-corrected chi connectivity index (χ4v) is 1.06. The summed E-state index contributed by atoms with van der Waals surface area (Å²) < 4.78 is 16.5. The molecule has 0 aromatic rings. The summed E-state index contributed by atoms with van der Waals surface area (Å²) in [6.07, 6.45) is -7.60. The number of hydrogen-bond acceptors (Lipinski definition) is 5. The van der Waals surface area contributed by atoms with Gasteiger partial charge in [0.1, 0.15) is 31.1 Å². The Kier molecular flexibility index (Phi) is 2.97. The summed E-state index contributed by atoms with van der Waals surface area (Å²) in [5, 5.41) is 35.8. The lowest BCUT2D eigenvalue weighted by molar-refractivity contribution is -0.283. The topological polar surface area (TPSA) is 90.2 Å². The molecule has 5 atom stereocenters. The molecule has 1 aliphatic rings. The number of ether oxygens (including phenoxy) is 1. The van der Waals surface area contributed by atoms with E-state index in [0.717, 1.165) is 0 Å². The maximum atomic E-state index is 12.0. The van der Waals surface area contributed by atoms with E-state index in [4.69, 9.17) is 20.4 Å². The van der Waals surface area contributed by atoms with Crippen molar-refractivity contribution in [3.8, 4) is 0 Å². The van der Waals surface area contributed by atoms with Crippen LogP contribution in [-0.4, -0.2) is 57.8 Å². The third kappa shape index (κ3) is 1.57. The molecule has 6 heteroatoms. The van der Waals surface area contributed by atoms with E-state index < -0.39 is 37.4 Å². The maximum absolute atomic E-state index is 12.0. The molecular formula is C6H11FO5. The fourth-order valence-electron chi connectivity index (χ4n) is 1.06. The van der Waals surface area contributed by atoms with Crippen molar-refractivity contribution in [3.05, 3.63) is 0 Å². The summed E-state index contributed by atoms with van der Waals surface area (Å²) in [6, 6.07) is 0. The Morgan fingerprint density at radius 3 is 2.08 bits per heavy atom. The molecule has 1 rings (SSSR count). The van der Waals surface area contributed by atoms with Crippen molar-refractivity contribution in [2.24, 2.45) is 0 Å². The highest BCUT2D eigenvalue weighted by atomic mass is 19.1. The summed E-state index contributed by atoms with van der Waals surface area (Å²) in [4.78, 5) is 0. The Hall–Kier alpha value is -0.270. The molecule has 0 aromatic heterocycles. The first-order valence-corrected chi connectivity index (χ1v) is 3.51. The molecule has 1 fully saturated rings. The lowest BCUT2D eigenvalue weighted by Crippen LogP contribution is -2.58. The van der Waals surface area contributed by atoms with Crippen LogP contribution in [0.5, 0.6) is 0 Å². The van der Waals surface area contributed by atoms with Crippen LogP contribution < -0.4 is 0 Å². The van der Waals surface area contributed by atoms with Crippen molar-refractivity contribution in [3.63, 3.8) is 0 Å². The van der Waals surface area contributed by atoms with E-state index in [-0.39, 0.29) is 0 Å². The van der Waals surface area contributed by atoms with Gasteiger partial charge in [0.2, 0.25) is 0 Å². The molecule has 0 radical (unpaired) electrons. The second-order valence-corrected chi connectivity index (χ2v) is 2.69. The Morgan fingerprint density at radius 1 is 1.00 bits per heavy atom. The van der Waals surface area contributed by atoms with Crippen LogP contribution in [0.3, 0.4) is 0 Å². The highest BCUT2D eigenvalue weighted by molar-refractivity contribution is 4.88. The minimum Gasteiger partial charge on any atom is -0.387 e. The zero-order valence-corrected chi connectivity index (χ0v) is 6.17. The second-order valence-electron chi connectivity index (χ2n) is 2.69. The van der Waals surface area contributed by atoms with Gasteiger partial charge in [-0.25, -0.2) is 4.39 Å². The lowest BCUT2D eigenvalue weighted by atomic mass is 10.00. The van der Waals surface area contributed by atoms with Crippen LogP contribution in [0.15, 0.2) is 0 Å².